The smallest absolute Gasteiger partial charge is 0.326 e. The van der Waals surface area contributed by atoms with Crippen molar-refractivity contribution in [3.8, 4) is 0 Å². The largest absolute Gasteiger partial charge is 0.351 e. The minimum atomic E-state index is -0.554. The first-order chi connectivity index (χ1) is 6.66. The summed E-state index contributed by atoms with van der Waals surface area (Å²) in [4.78, 5) is 9.81. The highest BCUT2D eigenvalue weighted by molar-refractivity contribution is 5.70. The zero-order chi connectivity index (χ0) is 10.8. The summed E-state index contributed by atoms with van der Waals surface area (Å²) in [6, 6.07) is 0.121. The summed E-state index contributed by atoms with van der Waals surface area (Å²) < 4.78 is 0. The molecule has 1 saturated heterocycles. The molecular formula is C8H21N5O. The second-order valence-corrected chi connectivity index (χ2v) is 3.08. The average Bonchev–Trinajstić information content (AvgIpc) is 2.17. The van der Waals surface area contributed by atoms with Gasteiger partial charge in [0.25, 0.3) is 0 Å². The van der Waals surface area contributed by atoms with Crippen LogP contribution in [0.4, 0.5) is 4.79 Å². The first kappa shape index (κ1) is 13.2. The molecule has 6 heteroatoms. The molecule has 84 valence electrons. The predicted molar refractivity (Wildman–Crippen MR) is 56.7 cm³/mol. The van der Waals surface area contributed by atoms with Crippen LogP contribution in [0.2, 0.25) is 0 Å². The highest BCUT2D eigenvalue weighted by Gasteiger charge is 2.03. The summed E-state index contributed by atoms with van der Waals surface area (Å²) in [5, 5.41) is 6.59. The quantitative estimate of drug-likeness (QED) is 0.363. The molecule has 6 N–H and O–H groups in total. The maximum atomic E-state index is 9.81. The number of nitrogens with one attached hydrogen (secondary N) is 4. The lowest BCUT2D eigenvalue weighted by molar-refractivity contribution is 0.245. The van der Waals surface area contributed by atoms with Crippen LogP contribution in [-0.2, 0) is 0 Å². The van der Waals surface area contributed by atoms with Crippen molar-refractivity contribution in [3.05, 3.63) is 0 Å². The lowest BCUT2D eigenvalue weighted by Gasteiger charge is -2.19. The van der Waals surface area contributed by atoms with E-state index < -0.39 is 6.03 Å². The standard InChI is InChI=1S/C5H12N2.C3H9N3O/c1-5-4-6-2-3-7-5;1-2-5-6-3(4)7/h5-7H,2-4H2,1H3;5H,2H2,1H3,(H3,4,6,7). The fraction of sp³-hybridized carbons (Fsp3) is 0.875. The van der Waals surface area contributed by atoms with Gasteiger partial charge in [0.05, 0.1) is 0 Å². The first-order valence-corrected chi connectivity index (χ1v) is 4.89. The molecule has 1 atom stereocenters. The number of urea groups is 1. The van der Waals surface area contributed by atoms with Gasteiger partial charge in [-0.05, 0) is 6.92 Å². The van der Waals surface area contributed by atoms with E-state index in [0.29, 0.717) is 12.6 Å². The molecule has 0 aromatic heterocycles. The Balaban J connectivity index is 0.000000241. The van der Waals surface area contributed by atoms with Crippen LogP contribution in [0, 0.1) is 0 Å². The Bertz CT molecular complexity index is 147. The Morgan fingerprint density at radius 1 is 1.57 bits per heavy atom. The summed E-state index contributed by atoms with van der Waals surface area (Å²) in [6.45, 7) is 8.11. The van der Waals surface area contributed by atoms with Gasteiger partial charge in [-0.2, -0.15) is 0 Å². The minimum Gasteiger partial charge on any atom is -0.351 e. The van der Waals surface area contributed by atoms with Gasteiger partial charge >= 0.3 is 6.03 Å². The molecule has 1 aliphatic rings. The van der Waals surface area contributed by atoms with Gasteiger partial charge in [-0.3, -0.25) is 5.43 Å². The summed E-state index contributed by atoms with van der Waals surface area (Å²) >= 11 is 0. The van der Waals surface area contributed by atoms with Crippen molar-refractivity contribution in [2.75, 3.05) is 26.2 Å². The number of hydrazine groups is 1. The lowest BCUT2D eigenvalue weighted by atomic mass is 10.3. The number of nitrogens with two attached hydrogens (primary N) is 1. The van der Waals surface area contributed by atoms with Gasteiger partial charge in [0.1, 0.15) is 0 Å². The van der Waals surface area contributed by atoms with E-state index in [2.05, 4.69) is 34.1 Å². The van der Waals surface area contributed by atoms with Crippen molar-refractivity contribution in [1.82, 2.24) is 21.5 Å². The molecule has 0 spiro atoms. The van der Waals surface area contributed by atoms with Crippen molar-refractivity contribution in [3.63, 3.8) is 0 Å². The molecule has 1 rings (SSSR count). The van der Waals surface area contributed by atoms with Gasteiger partial charge < -0.3 is 16.4 Å². The molecule has 1 heterocycles. The van der Waals surface area contributed by atoms with Crippen LogP contribution < -0.4 is 27.2 Å². The molecule has 0 aliphatic carbocycles. The van der Waals surface area contributed by atoms with Crippen molar-refractivity contribution in [1.29, 1.82) is 0 Å². The van der Waals surface area contributed by atoms with E-state index >= 15 is 0 Å². The number of rotatable bonds is 2. The van der Waals surface area contributed by atoms with E-state index in [-0.39, 0.29) is 0 Å². The van der Waals surface area contributed by atoms with Gasteiger partial charge in [-0.15, -0.1) is 0 Å². The van der Waals surface area contributed by atoms with Gasteiger partial charge in [-0.1, -0.05) is 6.92 Å². The number of hydrogen-bond acceptors (Lipinski definition) is 4. The summed E-state index contributed by atoms with van der Waals surface area (Å²) in [7, 11) is 0. The first-order valence-electron chi connectivity index (χ1n) is 4.89. The molecule has 2 amide bonds. The Kier molecular flexibility index (Phi) is 8.20. The van der Waals surface area contributed by atoms with E-state index in [0.717, 1.165) is 19.6 Å². The monoisotopic (exact) mass is 203 g/mol. The topological polar surface area (TPSA) is 91.2 Å². The van der Waals surface area contributed by atoms with Crippen LogP contribution in [0.15, 0.2) is 0 Å². The third-order valence-electron chi connectivity index (χ3n) is 1.63. The van der Waals surface area contributed by atoms with E-state index in [1.807, 2.05) is 6.92 Å². The van der Waals surface area contributed by atoms with Crippen LogP contribution in [0.1, 0.15) is 13.8 Å². The molecule has 1 unspecified atom stereocenters. The van der Waals surface area contributed by atoms with E-state index in [1.165, 1.54) is 0 Å². The van der Waals surface area contributed by atoms with Crippen molar-refractivity contribution >= 4 is 6.03 Å². The number of amides is 2. The molecule has 0 radical (unpaired) electrons. The summed E-state index contributed by atoms with van der Waals surface area (Å²) in [6.07, 6.45) is 0. The second kappa shape index (κ2) is 8.74. The van der Waals surface area contributed by atoms with Crippen LogP contribution in [0.25, 0.3) is 0 Å². The molecule has 0 bridgehead atoms. The molecule has 0 aromatic rings. The number of carbonyl (C=O) groups excluding carboxylic acids is 1. The molecule has 0 aromatic carbocycles. The maximum absolute atomic E-state index is 9.81. The van der Waals surface area contributed by atoms with Crippen LogP contribution in [0.5, 0.6) is 0 Å². The van der Waals surface area contributed by atoms with Crippen LogP contribution in [0.3, 0.4) is 0 Å². The van der Waals surface area contributed by atoms with Crippen molar-refractivity contribution in [2.24, 2.45) is 5.73 Å². The molecule has 1 aliphatic heterocycles. The molecule has 1 fully saturated rings. The Morgan fingerprint density at radius 3 is 2.50 bits per heavy atom. The van der Waals surface area contributed by atoms with Gasteiger partial charge in [-0.25, -0.2) is 10.2 Å². The van der Waals surface area contributed by atoms with Crippen LogP contribution >= 0.6 is 0 Å². The fourth-order valence-electron chi connectivity index (χ4n) is 0.973. The summed E-state index contributed by atoms with van der Waals surface area (Å²) in [5.41, 5.74) is 9.37. The van der Waals surface area contributed by atoms with Gasteiger partial charge in [0.2, 0.25) is 0 Å². The van der Waals surface area contributed by atoms with Crippen LogP contribution in [-0.4, -0.2) is 38.3 Å². The van der Waals surface area contributed by atoms with Gasteiger partial charge in [0.15, 0.2) is 0 Å². The second-order valence-electron chi connectivity index (χ2n) is 3.08. The summed E-state index contributed by atoms with van der Waals surface area (Å²) in [5.74, 6) is 0. The number of carbonyl (C=O) groups is 1. The Morgan fingerprint density at radius 2 is 2.29 bits per heavy atom. The number of piperazine rings is 1. The number of primary amides is 1. The molecule has 0 saturated carbocycles. The normalized spacial score (nSPS) is 20.6. The molecule has 14 heavy (non-hydrogen) atoms. The lowest BCUT2D eigenvalue weighted by Crippen LogP contribution is -2.46. The third-order valence-corrected chi connectivity index (χ3v) is 1.63. The highest BCUT2D eigenvalue weighted by atomic mass is 16.2. The van der Waals surface area contributed by atoms with Crippen molar-refractivity contribution in [2.45, 2.75) is 19.9 Å². The number of hydrogen-bond donors (Lipinski definition) is 5. The fourth-order valence-corrected chi connectivity index (χ4v) is 0.973. The molecular weight excluding hydrogens is 182 g/mol. The average molecular weight is 203 g/mol. The van der Waals surface area contributed by atoms with E-state index in [1.54, 1.807) is 0 Å². The zero-order valence-electron chi connectivity index (χ0n) is 8.89. The maximum Gasteiger partial charge on any atom is 0.326 e. The molecule has 6 nitrogen and oxygen atoms in total. The van der Waals surface area contributed by atoms with E-state index in [9.17, 15) is 4.79 Å². The Hall–Kier alpha value is -0.850. The third kappa shape index (κ3) is 9.24. The van der Waals surface area contributed by atoms with Crippen molar-refractivity contribution < 1.29 is 4.79 Å². The minimum absolute atomic E-state index is 0.554. The predicted octanol–water partition coefficient (Wildman–Crippen LogP) is -1.25. The Labute approximate surface area is 85.0 Å². The SMILES string of the molecule is CC1CNCCN1.CCNNC(N)=O. The van der Waals surface area contributed by atoms with E-state index in [4.69, 9.17) is 0 Å². The van der Waals surface area contributed by atoms with Gasteiger partial charge in [0, 0.05) is 32.2 Å². The highest BCUT2D eigenvalue weighted by Crippen LogP contribution is 1.80. The zero-order valence-corrected chi connectivity index (χ0v) is 8.89.